The Morgan fingerprint density at radius 2 is 2.21 bits per heavy atom. The van der Waals surface area contributed by atoms with Crippen LogP contribution in [0.5, 0.6) is 0 Å². The number of hydrogen-bond acceptors (Lipinski definition) is 3. The van der Waals surface area contributed by atoms with Crippen molar-refractivity contribution >= 4 is 22.4 Å². The van der Waals surface area contributed by atoms with E-state index in [1.165, 1.54) is 23.5 Å². The van der Waals surface area contributed by atoms with Gasteiger partial charge in [0.05, 0.1) is 0 Å². The van der Waals surface area contributed by atoms with Crippen molar-refractivity contribution in [3.63, 3.8) is 0 Å². The van der Waals surface area contributed by atoms with Gasteiger partial charge >= 0.3 is 0 Å². The first-order valence-corrected chi connectivity index (χ1v) is 8.56. The molecule has 4 nitrogen and oxygen atoms in total. The number of anilines is 1. The smallest absolute Gasteiger partial charge is 0.274 e. The number of nitrogens with one attached hydrogen (secondary N) is 1. The standard InChI is InChI=1S/C18H18FN3OS/c1-12(2)14-9-16(17(23)21-18-20-6-7-24-18)22(11-14)10-13-4-3-5-15(19)8-13/h3-9,11-12H,10H2,1-2H3,(H,20,21,23). The van der Waals surface area contributed by atoms with Gasteiger partial charge in [-0.1, -0.05) is 26.0 Å². The fourth-order valence-corrected chi connectivity index (χ4v) is 2.97. The van der Waals surface area contributed by atoms with Crippen LogP contribution in [0.2, 0.25) is 0 Å². The molecule has 0 radical (unpaired) electrons. The molecule has 3 rings (SSSR count). The molecule has 0 spiro atoms. The minimum atomic E-state index is -0.280. The number of halogens is 1. The normalized spacial score (nSPS) is 11.0. The molecule has 2 aromatic heterocycles. The van der Waals surface area contributed by atoms with Gasteiger partial charge in [0.1, 0.15) is 11.5 Å². The molecule has 3 aromatic rings. The number of hydrogen-bond donors (Lipinski definition) is 1. The molecule has 0 aliphatic rings. The first kappa shape index (κ1) is 16.4. The van der Waals surface area contributed by atoms with E-state index < -0.39 is 0 Å². The molecular formula is C18H18FN3OS. The van der Waals surface area contributed by atoms with Crippen molar-refractivity contribution in [3.05, 3.63) is 70.7 Å². The van der Waals surface area contributed by atoms with Crippen LogP contribution in [0.4, 0.5) is 9.52 Å². The van der Waals surface area contributed by atoms with E-state index in [1.54, 1.807) is 17.6 Å². The van der Waals surface area contributed by atoms with Crippen LogP contribution in [0, 0.1) is 5.82 Å². The molecule has 1 aromatic carbocycles. The molecule has 0 bridgehead atoms. The minimum absolute atomic E-state index is 0.215. The van der Waals surface area contributed by atoms with E-state index in [0.717, 1.165) is 11.1 Å². The zero-order chi connectivity index (χ0) is 17.1. The monoisotopic (exact) mass is 343 g/mol. The molecule has 0 unspecified atom stereocenters. The average molecular weight is 343 g/mol. The van der Waals surface area contributed by atoms with Gasteiger partial charge in [0.2, 0.25) is 0 Å². The number of thiazole rings is 1. The van der Waals surface area contributed by atoms with Crippen molar-refractivity contribution in [2.24, 2.45) is 0 Å². The fourth-order valence-electron chi connectivity index (χ4n) is 2.45. The summed E-state index contributed by atoms with van der Waals surface area (Å²) in [6.45, 7) is 4.58. The average Bonchev–Trinajstić information content (AvgIpc) is 3.17. The van der Waals surface area contributed by atoms with Crippen LogP contribution >= 0.6 is 11.3 Å². The summed E-state index contributed by atoms with van der Waals surface area (Å²) in [5.74, 6) is -0.198. The predicted octanol–water partition coefficient (Wildman–Crippen LogP) is 4.51. The Kier molecular flexibility index (Phi) is 4.76. The summed E-state index contributed by atoms with van der Waals surface area (Å²) in [7, 11) is 0. The molecule has 0 fully saturated rings. The summed E-state index contributed by atoms with van der Waals surface area (Å²) >= 11 is 1.37. The molecule has 0 atom stereocenters. The van der Waals surface area contributed by atoms with E-state index in [4.69, 9.17) is 0 Å². The molecule has 24 heavy (non-hydrogen) atoms. The van der Waals surface area contributed by atoms with Gasteiger partial charge in [-0.25, -0.2) is 9.37 Å². The molecule has 2 heterocycles. The van der Waals surface area contributed by atoms with Crippen molar-refractivity contribution in [3.8, 4) is 0 Å². The number of aromatic nitrogens is 2. The van der Waals surface area contributed by atoms with Crippen LogP contribution < -0.4 is 5.32 Å². The summed E-state index contributed by atoms with van der Waals surface area (Å²) in [5.41, 5.74) is 2.41. The summed E-state index contributed by atoms with van der Waals surface area (Å²) in [6, 6.07) is 8.30. The number of amides is 1. The molecule has 0 aliphatic heterocycles. The van der Waals surface area contributed by atoms with Gasteiger partial charge in [0.25, 0.3) is 5.91 Å². The number of carbonyl (C=O) groups excluding carboxylic acids is 1. The zero-order valence-electron chi connectivity index (χ0n) is 13.5. The van der Waals surface area contributed by atoms with Crippen molar-refractivity contribution in [2.75, 3.05) is 5.32 Å². The Balaban J connectivity index is 1.90. The molecule has 6 heteroatoms. The highest BCUT2D eigenvalue weighted by Gasteiger charge is 2.16. The summed E-state index contributed by atoms with van der Waals surface area (Å²) in [4.78, 5) is 16.7. The summed E-state index contributed by atoms with van der Waals surface area (Å²) in [6.07, 6.45) is 3.60. The third-order valence-electron chi connectivity index (χ3n) is 3.71. The van der Waals surface area contributed by atoms with Crippen LogP contribution in [0.1, 0.15) is 41.4 Å². The number of carbonyl (C=O) groups is 1. The molecule has 0 saturated heterocycles. The van der Waals surface area contributed by atoms with Crippen LogP contribution in [0.15, 0.2) is 48.1 Å². The summed E-state index contributed by atoms with van der Waals surface area (Å²) < 4.78 is 15.3. The lowest BCUT2D eigenvalue weighted by Crippen LogP contribution is -2.17. The Labute approximate surface area is 144 Å². The third-order valence-corrected chi connectivity index (χ3v) is 4.40. The molecule has 1 amide bonds. The Bertz CT molecular complexity index is 840. The lowest BCUT2D eigenvalue weighted by molar-refractivity contribution is 0.101. The maximum atomic E-state index is 13.4. The maximum absolute atomic E-state index is 13.4. The van der Waals surface area contributed by atoms with Gasteiger partial charge in [-0.05, 0) is 35.2 Å². The topological polar surface area (TPSA) is 46.9 Å². The molecule has 1 N–H and O–H groups in total. The maximum Gasteiger partial charge on any atom is 0.274 e. The molecule has 0 saturated carbocycles. The van der Waals surface area contributed by atoms with Crippen LogP contribution in [-0.4, -0.2) is 15.5 Å². The highest BCUT2D eigenvalue weighted by Crippen LogP contribution is 2.21. The van der Waals surface area contributed by atoms with E-state index in [9.17, 15) is 9.18 Å². The predicted molar refractivity (Wildman–Crippen MR) is 94.1 cm³/mol. The van der Waals surface area contributed by atoms with Crippen molar-refractivity contribution in [2.45, 2.75) is 26.3 Å². The minimum Gasteiger partial charge on any atom is -0.339 e. The first-order valence-electron chi connectivity index (χ1n) is 7.68. The van der Waals surface area contributed by atoms with Gasteiger partial charge in [-0.3, -0.25) is 10.1 Å². The fraction of sp³-hybridized carbons (Fsp3) is 0.222. The third kappa shape index (κ3) is 3.71. The quantitative estimate of drug-likeness (QED) is 0.741. The zero-order valence-corrected chi connectivity index (χ0v) is 14.3. The number of nitrogens with zero attached hydrogens (tertiary/aromatic N) is 2. The van der Waals surface area contributed by atoms with E-state index in [-0.39, 0.29) is 11.7 Å². The van der Waals surface area contributed by atoms with Gasteiger partial charge in [0.15, 0.2) is 5.13 Å². The first-order chi connectivity index (χ1) is 11.5. The number of benzene rings is 1. The van der Waals surface area contributed by atoms with E-state index in [2.05, 4.69) is 24.1 Å². The van der Waals surface area contributed by atoms with Crippen LogP contribution in [-0.2, 0) is 6.54 Å². The molecule has 0 aliphatic carbocycles. The van der Waals surface area contributed by atoms with Gasteiger partial charge in [-0.2, -0.15) is 0 Å². The number of rotatable bonds is 5. The Hall–Kier alpha value is -2.47. The second-order valence-corrected chi connectivity index (χ2v) is 6.76. The summed E-state index contributed by atoms with van der Waals surface area (Å²) in [5, 5.41) is 5.17. The van der Waals surface area contributed by atoms with Crippen molar-refractivity contribution in [1.29, 1.82) is 0 Å². The lowest BCUT2D eigenvalue weighted by atomic mass is 10.1. The Morgan fingerprint density at radius 1 is 1.38 bits per heavy atom. The van der Waals surface area contributed by atoms with Gasteiger partial charge in [0, 0.05) is 24.3 Å². The lowest BCUT2D eigenvalue weighted by Gasteiger charge is -2.09. The second kappa shape index (κ2) is 6.97. The van der Waals surface area contributed by atoms with Crippen molar-refractivity contribution < 1.29 is 9.18 Å². The van der Waals surface area contributed by atoms with E-state index in [1.807, 2.05) is 22.9 Å². The highest BCUT2D eigenvalue weighted by atomic mass is 32.1. The van der Waals surface area contributed by atoms with Crippen molar-refractivity contribution in [1.82, 2.24) is 9.55 Å². The van der Waals surface area contributed by atoms with Crippen LogP contribution in [0.3, 0.4) is 0 Å². The van der Waals surface area contributed by atoms with Gasteiger partial charge < -0.3 is 4.57 Å². The Morgan fingerprint density at radius 3 is 2.88 bits per heavy atom. The SMILES string of the molecule is CC(C)c1cc(C(=O)Nc2nccs2)n(Cc2cccc(F)c2)c1. The highest BCUT2D eigenvalue weighted by molar-refractivity contribution is 7.13. The second-order valence-electron chi connectivity index (χ2n) is 5.86. The van der Waals surface area contributed by atoms with E-state index in [0.29, 0.717) is 23.3 Å². The van der Waals surface area contributed by atoms with E-state index >= 15 is 0 Å². The molecular weight excluding hydrogens is 325 g/mol. The largest absolute Gasteiger partial charge is 0.339 e. The van der Waals surface area contributed by atoms with Crippen LogP contribution in [0.25, 0.3) is 0 Å². The molecule has 124 valence electrons. The van der Waals surface area contributed by atoms with Gasteiger partial charge in [-0.15, -0.1) is 11.3 Å².